The summed E-state index contributed by atoms with van der Waals surface area (Å²) in [5, 5.41) is 12.8. The molecule has 9 nitrogen and oxygen atoms in total. The molecule has 0 aromatic heterocycles. The monoisotopic (exact) mass is 523 g/mol. The SMILES string of the molecule is O=C(CN(C(=O)c1cccc([N+](=O)[O-])c1)N1C(=O)[C@@H]2[C@@H](C1=O)[C@H]1C=C[C@H]2C1)c1ccc(Br)cc1. The van der Waals surface area contributed by atoms with E-state index in [1.165, 1.54) is 18.2 Å². The molecular formula is C24H18BrN3O6. The van der Waals surface area contributed by atoms with Gasteiger partial charge in [0.05, 0.1) is 16.8 Å². The van der Waals surface area contributed by atoms with E-state index in [2.05, 4.69) is 15.9 Å². The van der Waals surface area contributed by atoms with Crippen LogP contribution in [0.3, 0.4) is 0 Å². The number of carbonyl (C=O) groups is 4. The van der Waals surface area contributed by atoms with Gasteiger partial charge >= 0.3 is 0 Å². The van der Waals surface area contributed by atoms with Crippen molar-refractivity contribution in [3.05, 3.63) is 86.4 Å². The molecular weight excluding hydrogens is 506 g/mol. The first kappa shape index (κ1) is 22.1. The fourth-order valence-corrected chi connectivity index (χ4v) is 5.39. The number of amides is 3. The van der Waals surface area contributed by atoms with E-state index in [1.807, 2.05) is 12.2 Å². The molecule has 10 heteroatoms. The largest absolute Gasteiger partial charge is 0.292 e. The molecule has 0 spiro atoms. The summed E-state index contributed by atoms with van der Waals surface area (Å²) in [6.45, 7) is -0.567. The molecule has 2 aromatic carbocycles. The highest BCUT2D eigenvalue weighted by molar-refractivity contribution is 9.10. The molecule has 1 saturated heterocycles. The standard InChI is InChI=1S/C24H18BrN3O6/c25-17-8-6-13(7-9-17)19(29)12-26(22(30)16-2-1-3-18(11-16)28(33)34)27-23(31)20-14-4-5-15(10-14)21(20)24(27)32/h1-9,11,14-15,20-21H,10,12H2/t14-,15-,20-,21-/m0/s1. The lowest BCUT2D eigenvalue weighted by atomic mass is 9.85. The predicted molar refractivity (Wildman–Crippen MR) is 122 cm³/mol. The van der Waals surface area contributed by atoms with E-state index < -0.39 is 46.8 Å². The van der Waals surface area contributed by atoms with Crippen molar-refractivity contribution in [2.45, 2.75) is 6.42 Å². The molecule has 2 bridgehead atoms. The maximum Gasteiger partial charge on any atom is 0.273 e. The van der Waals surface area contributed by atoms with E-state index in [-0.39, 0.29) is 23.1 Å². The highest BCUT2D eigenvalue weighted by Gasteiger charge is 2.61. The van der Waals surface area contributed by atoms with E-state index in [1.54, 1.807) is 24.3 Å². The number of allylic oxidation sites excluding steroid dienone is 2. The minimum atomic E-state index is -0.837. The second-order valence-corrected chi connectivity index (χ2v) is 9.50. The van der Waals surface area contributed by atoms with Crippen molar-refractivity contribution in [1.82, 2.24) is 10.0 Å². The number of nitrogens with zero attached hydrogens (tertiary/aromatic N) is 3. The summed E-state index contributed by atoms with van der Waals surface area (Å²) in [4.78, 5) is 63.8. The van der Waals surface area contributed by atoms with Crippen LogP contribution in [0.4, 0.5) is 5.69 Å². The number of hydrogen-bond acceptors (Lipinski definition) is 6. The normalized spacial score (nSPS) is 24.4. The minimum absolute atomic E-state index is 0.0756. The number of fused-ring (bicyclic) bond motifs is 5. The Morgan fingerprint density at radius 2 is 1.62 bits per heavy atom. The van der Waals surface area contributed by atoms with Crippen LogP contribution in [0.5, 0.6) is 0 Å². The third-order valence-corrected chi connectivity index (χ3v) is 7.22. The Labute approximate surface area is 202 Å². The minimum Gasteiger partial charge on any atom is -0.292 e. The number of hydrazine groups is 1. The molecule has 0 unspecified atom stereocenters. The lowest BCUT2D eigenvalue weighted by Gasteiger charge is -2.30. The zero-order valence-corrected chi connectivity index (χ0v) is 19.3. The first-order chi connectivity index (χ1) is 16.3. The first-order valence-electron chi connectivity index (χ1n) is 10.7. The summed E-state index contributed by atoms with van der Waals surface area (Å²) in [6, 6.07) is 11.4. The number of benzene rings is 2. The van der Waals surface area contributed by atoms with Crippen molar-refractivity contribution in [3.63, 3.8) is 0 Å². The molecule has 3 amide bonds. The number of ketones is 1. The van der Waals surface area contributed by atoms with E-state index in [4.69, 9.17) is 0 Å². The molecule has 1 aliphatic heterocycles. The molecule has 3 aliphatic rings. The molecule has 172 valence electrons. The molecule has 4 atom stereocenters. The Morgan fingerprint density at radius 1 is 1.00 bits per heavy atom. The highest BCUT2D eigenvalue weighted by Crippen LogP contribution is 2.52. The van der Waals surface area contributed by atoms with E-state index >= 15 is 0 Å². The number of hydrogen-bond donors (Lipinski definition) is 0. The van der Waals surface area contributed by atoms with Crippen LogP contribution in [-0.2, 0) is 9.59 Å². The Hall–Kier alpha value is -3.66. The topological polar surface area (TPSA) is 118 Å². The number of rotatable bonds is 6. The average Bonchev–Trinajstić information content (AvgIpc) is 3.51. The predicted octanol–water partition coefficient (Wildman–Crippen LogP) is 3.40. The summed E-state index contributed by atoms with van der Waals surface area (Å²) in [7, 11) is 0. The summed E-state index contributed by atoms with van der Waals surface area (Å²) in [5.41, 5.74) is -0.124. The summed E-state index contributed by atoms with van der Waals surface area (Å²) < 4.78 is 0.759. The zero-order chi connectivity index (χ0) is 24.1. The number of Topliss-reactive ketones (excluding diaryl/α,β-unsaturated/α-hetero) is 1. The lowest BCUT2D eigenvalue weighted by Crippen LogP contribution is -2.52. The van der Waals surface area contributed by atoms with Gasteiger partial charge in [-0.3, -0.25) is 29.3 Å². The highest BCUT2D eigenvalue weighted by atomic mass is 79.9. The van der Waals surface area contributed by atoms with Crippen LogP contribution in [0.15, 0.2) is 65.2 Å². The lowest BCUT2D eigenvalue weighted by molar-refractivity contribution is -0.384. The Bertz CT molecular complexity index is 1240. The van der Waals surface area contributed by atoms with Gasteiger partial charge in [0, 0.05) is 27.7 Å². The maximum absolute atomic E-state index is 13.5. The van der Waals surface area contributed by atoms with Crippen LogP contribution in [0, 0.1) is 33.8 Å². The zero-order valence-electron chi connectivity index (χ0n) is 17.7. The van der Waals surface area contributed by atoms with Crippen LogP contribution in [0.2, 0.25) is 0 Å². The molecule has 5 rings (SSSR count). The van der Waals surface area contributed by atoms with Gasteiger partial charge < -0.3 is 0 Å². The fourth-order valence-electron chi connectivity index (χ4n) is 5.12. The van der Waals surface area contributed by atoms with Crippen molar-refractivity contribution in [1.29, 1.82) is 0 Å². The molecule has 2 aromatic rings. The average molecular weight is 524 g/mol. The third-order valence-electron chi connectivity index (χ3n) is 6.69. The van der Waals surface area contributed by atoms with Crippen LogP contribution in [0.25, 0.3) is 0 Å². The number of carbonyl (C=O) groups excluding carboxylic acids is 4. The van der Waals surface area contributed by atoms with Gasteiger partial charge in [0.15, 0.2) is 5.78 Å². The van der Waals surface area contributed by atoms with Gasteiger partial charge in [-0.1, -0.05) is 46.3 Å². The summed E-state index contributed by atoms with van der Waals surface area (Å²) in [5.74, 6) is -3.64. The van der Waals surface area contributed by atoms with Gasteiger partial charge in [-0.2, -0.15) is 5.01 Å². The molecule has 34 heavy (non-hydrogen) atoms. The molecule has 1 heterocycles. The fraction of sp³-hybridized carbons (Fsp3) is 0.250. The summed E-state index contributed by atoms with van der Waals surface area (Å²) >= 11 is 3.30. The summed E-state index contributed by atoms with van der Waals surface area (Å²) in [6.07, 6.45) is 4.58. The Morgan fingerprint density at radius 3 is 2.21 bits per heavy atom. The number of nitro benzene ring substituents is 1. The van der Waals surface area contributed by atoms with Gasteiger partial charge in [0.25, 0.3) is 23.4 Å². The number of imide groups is 1. The van der Waals surface area contributed by atoms with Crippen LogP contribution >= 0.6 is 15.9 Å². The van der Waals surface area contributed by atoms with Gasteiger partial charge in [-0.05, 0) is 36.5 Å². The van der Waals surface area contributed by atoms with E-state index in [9.17, 15) is 29.3 Å². The molecule has 0 radical (unpaired) electrons. The molecule has 2 fully saturated rings. The van der Waals surface area contributed by atoms with Crippen LogP contribution < -0.4 is 0 Å². The van der Waals surface area contributed by atoms with Crippen LogP contribution in [-0.4, -0.2) is 45.0 Å². The van der Waals surface area contributed by atoms with Crippen molar-refractivity contribution in [2.75, 3.05) is 6.54 Å². The van der Waals surface area contributed by atoms with Gasteiger partial charge in [-0.25, -0.2) is 5.01 Å². The van der Waals surface area contributed by atoms with Crippen molar-refractivity contribution in [3.8, 4) is 0 Å². The van der Waals surface area contributed by atoms with Gasteiger partial charge in [-0.15, -0.1) is 0 Å². The Balaban J connectivity index is 1.51. The second-order valence-electron chi connectivity index (χ2n) is 8.59. The number of halogens is 1. The van der Waals surface area contributed by atoms with Crippen LogP contribution in [0.1, 0.15) is 27.1 Å². The van der Waals surface area contributed by atoms with E-state index in [0.29, 0.717) is 5.56 Å². The van der Waals surface area contributed by atoms with Gasteiger partial charge in [0.1, 0.15) is 6.54 Å². The molecule has 2 aliphatic carbocycles. The smallest absolute Gasteiger partial charge is 0.273 e. The quantitative estimate of drug-likeness (QED) is 0.188. The number of non-ortho nitro benzene ring substituents is 1. The van der Waals surface area contributed by atoms with Crippen molar-refractivity contribution < 1.29 is 24.1 Å². The number of nitro groups is 1. The molecule has 1 saturated carbocycles. The third kappa shape index (κ3) is 3.54. The maximum atomic E-state index is 13.5. The van der Waals surface area contributed by atoms with Crippen molar-refractivity contribution in [2.24, 2.45) is 23.7 Å². The second kappa shape index (κ2) is 8.28. The van der Waals surface area contributed by atoms with E-state index in [0.717, 1.165) is 27.0 Å². The first-order valence-corrected chi connectivity index (χ1v) is 11.5. The van der Waals surface area contributed by atoms with Crippen molar-refractivity contribution >= 4 is 45.1 Å². The Kier molecular flexibility index (Phi) is 5.40. The van der Waals surface area contributed by atoms with Gasteiger partial charge in [0.2, 0.25) is 0 Å². The molecule has 0 N–H and O–H groups in total.